The van der Waals surface area contributed by atoms with E-state index in [1.54, 1.807) is 4.90 Å². The van der Waals surface area contributed by atoms with Crippen molar-refractivity contribution in [2.24, 2.45) is 10.9 Å². The largest absolute Gasteiger partial charge is 0.388 e. The standard InChI is InChI=1S/C21H29N3O4S/c1-2-22-21-23-15-16(25)17(26)18(28-20(15)29-21)19(27)24-11-10-14(12-24)9-8-13-6-4-3-5-7-13/h3-7,14-18,20,25-26H,2,8-12H2,1H3,(H,22,23). The number of amides is 1. The van der Waals surface area contributed by atoms with E-state index in [9.17, 15) is 15.0 Å². The maximum Gasteiger partial charge on any atom is 0.254 e. The van der Waals surface area contributed by atoms with Gasteiger partial charge in [0.05, 0.1) is 6.04 Å². The van der Waals surface area contributed by atoms with Crippen LogP contribution in [0.1, 0.15) is 25.3 Å². The van der Waals surface area contributed by atoms with Gasteiger partial charge in [-0.2, -0.15) is 0 Å². The van der Waals surface area contributed by atoms with E-state index >= 15 is 0 Å². The summed E-state index contributed by atoms with van der Waals surface area (Å²) in [6.07, 6.45) is -0.363. The van der Waals surface area contributed by atoms with Crippen molar-refractivity contribution in [2.75, 3.05) is 19.6 Å². The lowest BCUT2D eigenvalue weighted by Crippen LogP contribution is -2.62. The highest BCUT2D eigenvalue weighted by molar-refractivity contribution is 8.14. The first-order valence-electron chi connectivity index (χ1n) is 10.4. The van der Waals surface area contributed by atoms with Gasteiger partial charge in [0.15, 0.2) is 11.3 Å². The van der Waals surface area contributed by atoms with Crippen LogP contribution in [0, 0.1) is 5.92 Å². The summed E-state index contributed by atoms with van der Waals surface area (Å²) in [5.74, 6) is 0.224. The Morgan fingerprint density at radius 3 is 2.86 bits per heavy atom. The van der Waals surface area contributed by atoms with Crippen molar-refractivity contribution < 1.29 is 19.7 Å². The summed E-state index contributed by atoms with van der Waals surface area (Å²) in [4.78, 5) is 19.1. The number of aliphatic hydroxyl groups is 2. The Kier molecular flexibility index (Phi) is 6.44. The number of rotatable bonds is 5. The molecular formula is C21H29N3O4S. The summed E-state index contributed by atoms with van der Waals surface area (Å²) in [6.45, 7) is 3.89. The van der Waals surface area contributed by atoms with Crippen LogP contribution in [0.15, 0.2) is 35.3 Å². The molecule has 4 rings (SSSR count). The number of fused-ring (bicyclic) bond motifs is 1. The Hall–Kier alpha value is -1.61. The predicted octanol–water partition coefficient (Wildman–Crippen LogP) is 0.995. The zero-order chi connectivity index (χ0) is 20.4. The number of aliphatic hydroxyl groups excluding tert-OH is 2. The highest BCUT2D eigenvalue weighted by Crippen LogP contribution is 2.35. The number of benzene rings is 1. The van der Waals surface area contributed by atoms with Gasteiger partial charge in [-0.25, -0.2) is 0 Å². The van der Waals surface area contributed by atoms with Crippen LogP contribution in [-0.2, 0) is 16.0 Å². The molecule has 7 nitrogen and oxygen atoms in total. The van der Waals surface area contributed by atoms with Gasteiger partial charge < -0.3 is 25.2 Å². The first-order chi connectivity index (χ1) is 14.1. The van der Waals surface area contributed by atoms with E-state index in [-0.39, 0.29) is 5.91 Å². The Balaban J connectivity index is 1.34. The third-order valence-electron chi connectivity index (χ3n) is 5.95. The summed E-state index contributed by atoms with van der Waals surface area (Å²) < 4.78 is 5.93. The average Bonchev–Trinajstić information content (AvgIpc) is 3.37. The number of hydrogen-bond acceptors (Lipinski definition) is 6. The van der Waals surface area contributed by atoms with Crippen LogP contribution in [0.3, 0.4) is 0 Å². The number of nitrogens with one attached hydrogen (secondary N) is 1. The third-order valence-corrected chi connectivity index (χ3v) is 7.05. The van der Waals surface area contributed by atoms with Gasteiger partial charge in [-0.05, 0) is 37.7 Å². The molecule has 1 amide bonds. The number of carbonyl (C=O) groups is 1. The fourth-order valence-corrected chi connectivity index (χ4v) is 5.48. The molecule has 3 heterocycles. The van der Waals surface area contributed by atoms with E-state index < -0.39 is 29.8 Å². The summed E-state index contributed by atoms with van der Waals surface area (Å²) in [5, 5.41) is 24.8. The average molecular weight is 420 g/mol. The van der Waals surface area contributed by atoms with Crippen LogP contribution in [0.4, 0.5) is 0 Å². The number of ether oxygens (including phenoxy) is 1. The van der Waals surface area contributed by atoms with Gasteiger partial charge in [0.2, 0.25) is 0 Å². The van der Waals surface area contributed by atoms with Crippen LogP contribution >= 0.6 is 11.8 Å². The van der Waals surface area contributed by atoms with Crippen LogP contribution in [0.25, 0.3) is 0 Å². The molecule has 158 valence electrons. The normalized spacial score (nSPS) is 35.6. The van der Waals surface area contributed by atoms with E-state index in [0.29, 0.717) is 30.7 Å². The lowest BCUT2D eigenvalue weighted by Gasteiger charge is -2.39. The fraction of sp³-hybridized carbons (Fsp3) is 0.619. The minimum absolute atomic E-state index is 0.223. The molecule has 0 bridgehead atoms. The highest BCUT2D eigenvalue weighted by atomic mass is 32.2. The number of nitrogens with zero attached hydrogens (tertiary/aromatic N) is 2. The summed E-state index contributed by atoms with van der Waals surface area (Å²) >= 11 is 1.37. The van der Waals surface area contributed by atoms with Crippen molar-refractivity contribution in [3.63, 3.8) is 0 Å². The Labute approximate surface area is 175 Å². The van der Waals surface area contributed by atoms with Gasteiger partial charge in [-0.15, -0.1) is 0 Å². The predicted molar refractivity (Wildman–Crippen MR) is 113 cm³/mol. The molecule has 1 aromatic rings. The molecule has 0 spiro atoms. The molecule has 0 radical (unpaired) electrons. The lowest BCUT2D eigenvalue weighted by molar-refractivity contribution is -0.180. The number of thioether (sulfide) groups is 1. The molecule has 6 unspecified atom stereocenters. The smallest absolute Gasteiger partial charge is 0.254 e. The van der Waals surface area contributed by atoms with Crippen molar-refractivity contribution in [2.45, 2.75) is 56.0 Å². The van der Waals surface area contributed by atoms with E-state index in [1.807, 2.05) is 25.1 Å². The van der Waals surface area contributed by atoms with Gasteiger partial charge in [0, 0.05) is 19.6 Å². The number of carbonyl (C=O) groups excluding carboxylic acids is 1. The first kappa shape index (κ1) is 20.7. The highest BCUT2D eigenvalue weighted by Gasteiger charge is 2.52. The van der Waals surface area contributed by atoms with Crippen LogP contribution in [-0.4, -0.2) is 75.6 Å². The SMILES string of the molecule is CCN=C1NC2C(OC(C(=O)N3CCC(CCc4ccccc4)C3)C(O)C2O)S1. The summed E-state index contributed by atoms with van der Waals surface area (Å²) in [6, 6.07) is 9.92. The van der Waals surface area contributed by atoms with Crippen LogP contribution < -0.4 is 5.32 Å². The minimum atomic E-state index is -1.25. The van der Waals surface area contributed by atoms with Crippen LogP contribution in [0.2, 0.25) is 0 Å². The lowest BCUT2D eigenvalue weighted by atomic mass is 9.97. The van der Waals surface area contributed by atoms with Gasteiger partial charge in [-0.3, -0.25) is 9.79 Å². The molecule has 0 aliphatic carbocycles. The minimum Gasteiger partial charge on any atom is -0.388 e. The molecule has 3 fully saturated rings. The second kappa shape index (κ2) is 9.04. The van der Waals surface area contributed by atoms with E-state index in [1.165, 1.54) is 17.3 Å². The second-order valence-corrected chi connectivity index (χ2v) is 9.02. The Morgan fingerprint density at radius 1 is 1.31 bits per heavy atom. The van der Waals surface area contributed by atoms with Gasteiger partial charge >= 0.3 is 0 Å². The van der Waals surface area contributed by atoms with Gasteiger partial charge in [0.25, 0.3) is 5.91 Å². The van der Waals surface area contributed by atoms with Crippen LogP contribution in [0.5, 0.6) is 0 Å². The summed E-state index contributed by atoms with van der Waals surface area (Å²) in [7, 11) is 0. The van der Waals surface area contributed by atoms with Gasteiger partial charge in [-0.1, -0.05) is 42.1 Å². The maximum atomic E-state index is 13.0. The number of aliphatic imine (C=N–C) groups is 1. The zero-order valence-electron chi connectivity index (χ0n) is 16.6. The first-order valence-corrected chi connectivity index (χ1v) is 11.3. The number of amidine groups is 1. The zero-order valence-corrected chi connectivity index (χ0v) is 17.4. The van der Waals surface area contributed by atoms with Crippen molar-refractivity contribution in [1.29, 1.82) is 0 Å². The third kappa shape index (κ3) is 4.45. The quantitative estimate of drug-likeness (QED) is 0.659. The molecule has 6 atom stereocenters. The molecule has 29 heavy (non-hydrogen) atoms. The van der Waals surface area contributed by atoms with E-state index in [2.05, 4.69) is 22.4 Å². The molecule has 3 aliphatic rings. The Morgan fingerprint density at radius 2 is 2.10 bits per heavy atom. The molecule has 0 aromatic heterocycles. The molecule has 3 N–H and O–H groups in total. The van der Waals surface area contributed by atoms with Crippen molar-refractivity contribution in [3.8, 4) is 0 Å². The molecule has 8 heteroatoms. The van der Waals surface area contributed by atoms with Crippen molar-refractivity contribution in [1.82, 2.24) is 10.2 Å². The van der Waals surface area contributed by atoms with E-state index in [0.717, 1.165) is 19.3 Å². The fourth-order valence-electron chi connectivity index (χ4n) is 4.30. The maximum absolute atomic E-state index is 13.0. The molecule has 3 aliphatic heterocycles. The molecule has 1 aromatic carbocycles. The number of hydrogen-bond donors (Lipinski definition) is 3. The van der Waals surface area contributed by atoms with Crippen molar-refractivity contribution in [3.05, 3.63) is 35.9 Å². The van der Waals surface area contributed by atoms with Crippen molar-refractivity contribution >= 4 is 22.8 Å². The van der Waals surface area contributed by atoms with Gasteiger partial charge in [0.1, 0.15) is 17.6 Å². The second-order valence-electron chi connectivity index (χ2n) is 7.94. The molecule has 0 saturated carbocycles. The molecular weight excluding hydrogens is 390 g/mol. The Bertz CT molecular complexity index is 747. The molecule has 3 saturated heterocycles. The monoisotopic (exact) mass is 419 g/mol. The van der Waals surface area contributed by atoms with E-state index in [4.69, 9.17) is 4.74 Å². The summed E-state index contributed by atoms with van der Waals surface area (Å²) in [5.41, 5.74) is 0.886. The number of aryl methyl sites for hydroxylation is 1. The number of likely N-dealkylation sites (tertiary alicyclic amines) is 1. The topological polar surface area (TPSA) is 94.4 Å².